The Kier molecular flexibility index (Phi) is 6.22. The van der Waals surface area contributed by atoms with Crippen LogP contribution in [0.3, 0.4) is 0 Å². The van der Waals surface area contributed by atoms with E-state index in [2.05, 4.69) is 61.8 Å². The van der Waals surface area contributed by atoms with Crippen molar-refractivity contribution in [1.82, 2.24) is 30.3 Å². The Morgan fingerprint density at radius 2 is 2.08 bits per heavy atom. The molecule has 0 amide bonds. The van der Waals surface area contributed by atoms with Gasteiger partial charge in [-0.3, -0.25) is 14.6 Å². The van der Waals surface area contributed by atoms with E-state index in [0.29, 0.717) is 12.6 Å². The van der Waals surface area contributed by atoms with Gasteiger partial charge in [-0.25, -0.2) is 4.98 Å². The highest BCUT2D eigenvalue weighted by Crippen LogP contribution is 2.21. The Hall–Kier alpha value is -2.41. The molecule has 1 aromatic carbocycles. The van der Waals surface area contributed by atoms with E-state index >= 15 is 0 Å². The molecular weight excluding hydrogens is 326 g/mol. The van der Waals surface area contributed by atoms with Crippen molar-refractivity contribution in [3.8, 4) is 0 Å². The van der Waals surface area contributed by atoms with Crippen LogP contribution >= 0.6 is 0 Å². The van der Waals surface area contributed by atoms with Crippen molar-refractivity contribution in [1.29, 1.82) is 0 Å². The molecule has 0 aliphatic carbocycles. The fraction of sp³-hybridized carbons (Fsp3) is 0.526. The van der Waals surface area contributed by atoms with Crippen LogP contribution in [0.2, 0.25) is 0 Å². The Balaban J connectivity index is 1.52. The molecule has 1 aromatic heterocycles. The molecule has 140 valence electrons. The summed E-state index contributed by atoms with van der Waals surface area (Å²) >= 11 is 0. The first-order valence-corrected chi connectivity index (χ1v) is 9.29. The molecule has 2 N–H and O–H groups in total. The van der Waals surface area contributed by atoms with Crippen molar-refractivity contribution >= 4 is 5.96 Å². The molecule has 7 nitrogen and oxygen atoms in total. The molecule has 3 rings (SSSR count). The lowest BCUT2D eigenvalue weighted by atomic mass is 9.98. The minimum absolute atomic E-state index is 0.483. The molecule has 0 bridgehead atoms. The quantitative estimate of drug-likeness (QED) is 0.604. The molecule has 0 spiro atoms. The van der Waals surface area contributed by atoms with E-state index in [1.165, 1.54) is 11.1 Å². The SMILES string of the molecule is CCC(CNC(=NC)NCc1ncnn1C)N1CCc2ccccc2C1. The van der Waals surface area contributed by atoms with E-state index in [0.717, 1.165) is 44.3 Å². The minimum Gasteiger partial charge on any atom is -0.355 e. The average molecular weight is 355 g/mol. The van der Waals surface area contributed by atoms with E-state index < -0.39 is 0 Å². The zero-order valence-electron chi connectivity index (χ0n) is 15.9. The fourth-order valence-corrected chi connectivity index (χ4v) is 3.44. The maximum absolute atomic E-state index is 4.32. The molecule has 26 heavy (non-hydrogen) atoms. The van der Waals surface area contributed by atoms with Crippen LogP contribution in [0, 0.1) is 0 Å². The highest BCUT2D eigenvalue weighted by Gasteiger charge is 2.22. The van der Waals surface area contributed by atoms with Crippen LogP contribution in [0.4, 0.5) is 0 Å². The van der Waals surface area contributed by atoms with Crippen LogP contribution in [-0.2, 0) is 26.6 Å². The number of aliphatic imine (C=N–C) groups is 1. The van der Waals surface area contributed by atoms with Gasteiger partial charge >= 0.3 is 0 Å². The first-order valence-electron chi connectivity index (χ1n) is 9.29. The molecule has 0 saturated heterocycles. The van der Waals surface area contributed by atoms with Crippen LogP contribution in [0.25, 0.3) is 0 Å². The number of guanidine groups is 1. The van der Waals surface area contributed by atoms with Crippen LogP contribution in [0.5, 0.6) is 0 Å². The van der Waals surface area contributed by atoms with Gasteiger partial charge in [0.2, 0.25) is 0 Å². The van der Waals surface area contributed by atoms with Crippen molar-refractivity contribution in [2.75, 3.05) is 20.1 Å². The smallest absolute Gasteiger partial charge is 0.191 e. The highest BCUT2D eigenvalue weighted by molar-refractivity contribution is 5.79. The van der Waals surface area contributed by atoms with Gasteiger partial charge in [-0.05, 0) is 24.0 Å². The van der Waals surface area contributed by atoms with Gasteiger partial charge in [0.05, 0.1) is 6.54 Å². The maximum Gasteiger partial charge on any atom is 0.191 e. The molecule has 1 aliphatic heterocycles. The second kappa shape index (κ2) is 8.80. The number of rotatable bonds is 6. The Labute approximate surface area is 155 Å². The highest BCUT2D eigenvalue weighted by atomic mass is 15.3. The van der Waals surface area contributed by atoms with Gasteiger partial charge in [-0.1, -0.05) is 31.2 Å². The van der Waals surface area contributed by atoms with Gasteiger partial charge in [0.1, 0.15) is 12.2 Å². The van der Waals surface area contributed by atoms with E-state index in [1.54, 1.807) is 18.1 Å². The summed E-state index contributed by atoms with van der Waals surface area (Å²) in [5, 5.41) is 10.9. The van der Waals surface area contributed by atoms with E-state index in [-0.39, 0.29) is 0 Å². The Bertz CT molecular complexity index is 737. The van der Waals surface area contributed by atoms with E-state index in [1.807, 2.05) is 7.05 Å². The molecule has 0 radical (unpaired) electrons. The standard InChI is InChI=1S/C19H29N7/c1-4-17(26-10-9-15-7-5-6-8-16(15)13-26)11-21-19(20-2)22-12-18-23-14-24-25(18)3/h5-8,14,17H,4,9-13H2,1-3H3,(H2,20,21,22). The molecular formula is C19H29N7. The van der Waals surface area contributed by atoms with Crippen LogP contribution < -0.4 is 10.6 Å². The minimum atomic E-state index is 0.483. The topological polar surface area (TPSA) is 70.4 Å². The number of benzene rings is 1. The predicted octanol–water partition coefficient (Wildman–Crippen LogP) is 1.32. The molecule has 1 aliphatic rings. The van der Waals surface area contributed by atoms with Gasteiger partial charge in [0.25, 0.3) is 0 Å². The largest absolute Gasteiger partial charge is 0.355 e. The van der Waals surface area contributed by atoms with Crippen molar-refractivity contribution in [2.24, 2.45) is 12.0 Å². The van der Waals surface area contributed by atoms with E-state index in [4.69, 9.17) is 0 Å². The molecule has 1 atom stereocenters. The van der Waals surface area contributed by atoms with Gasteiger partial charge < -0.3 is 10.6 Å². The zero-order chi connectivity index (χ0) is 18.4. The van der Waals surface area contributed by atoms with Gasteiger partial charge in [-0.2, -0.15) is 5.10 Å². The summed E-state index contributed by atoms with van der Waals surface area (Å²) in [5.74, 6) is 1.68. The zero-order valence-corrected chi connectivity index (χ0v) is 15.9. The first kappa shape index (κ1) is 18.4. The number of nitrogens with zero attached hydrogens (tertiary/aromatic N) is 5. The predicted molar refractivity (Wildman–Crippen MR) is 104 cm³/mol. The van der Waals surface area contributed by atoms with Crippen molar-refractivity contribution < 1.29 is 0 Å². The van der Waals surface area contributed by atoms with Crippen LogP contribution in [-0.4, -0.2) is 51.8 Å². The molecule has 1 unspecified atom stereocenters. The number of aryl methyl sites for hydroxylation is 1. The summed E-state index contributed by atoms with van der Waals surface area (Å²) in [5.41, 5.74) is 2.95. The number of hydrogen-bond donors (Lipinski definition) is 2. The molecule has 0 saturated carbocycles. The third-order valence-electron chi connectivity index (χ3n) is 5.10. The van der Waals surface area contributed by atoms with Gasteiger partial charge in [0.15, 0.2) is 5.96 Å². The summed E-state index contributed by atoms with van der Waals surface area (Å²) in [6.45, 7) is 5.87. The molecule has 0 fully saturated rings. The lowest BCUT2D eigenvalue weighted by Gasteiger charge is -2.35. The van der Waals surface area contributed by atoms with Crippen molar-refractivity contribution in [3.05, 3.63) is 47.5 Å². The van der Waals surface area contributed by atoms with Gasteiger partial charge in [0, 0.05) is 39.8 Å². The summed E-state index contributed by atoms with van der Waals surface area (Å²) in [6.07, 6.45) is 3.80. The fourth-order valence-electron chi connectivity index (χ4n) is 3.44. The second-order valence-corrected chi connectivity index (χ2v) is 6.66. The number of fused-ring (bicyclic) bond motifs is 1. The normalized spacial score (nSPS) is 16.2. The summed E-state index contributed by atoms with van der Waals surface area (Å²) in [7, 11) is 3.69. The summed E-state index contributed by atoms with van der Waals surface area (Å²) < 4.78 is 1.76. The van der Waals surface area contributed by atoms with Crippen molar-refractivity contribution in [2.45, 2.75) is 38.9 Å². The number of nitrogens with one attached hydrogen (secondary N) is 2. The molecule has 7 heteroatoms. The summed E-state index contributed by atoms with van der Waals surface area (Å²) in [6, 6.07) is 9.27. The number of hydrogen-bond acceptors (Lipinski definition) is 4. The average Bonchev–Trinajstić information content (AvgIpc) is 3.09. The lowest BCUT2D eigenvalue weighted by Crippen LogP contribution is -2.48. The van der Waals surface area contributed by atoms with Crippen LogP contribution in [0.15, 0.2) is 35.6 Å². The first-order chi connectivity index (χ1) is 12.7. The van der Waals surface area contributed by atoms with Crippen molar-refractivity contribution in [3.63, 3.8) is 0 Å². The van der Waals surface area contributed by atoms with Crippen LogP contribution in [0.1, 0.15) is 30.3 Å². The third kappa shape index (κ3) is 4.40. The molecule has 2 aromatic rings. The maximum atomic E-state index is 4.32. The monoisotopic (exact) mass is 355 g/mol. The summed E-state index contributed by atoms with van der Waals surface area (Å²) in [4.78, 5) is 11.1. The second-order valence-electron chi connectivity index (χ2n) is 6.66. The number of aromatic nitrogens is 3. The lowest BCUT2D eigenvalue weighted by molar-refractivity contribution is 0.174. The Morgan fingerprint density at radius 3 is 2.77 bits per heavy atom. The van der Waals surface area contributed by atoms with Gasteiger partial charge in [-0.15, -0.1) is 0 Å². The Morgan fingerprint density at radius 1 is 1.27 bits per heavy atom. The van der Waals surface area contributed by atoms with E-state index in [9.17, 15) is 0 Å². The third-order valence-corrected chi connectivity index (χ3v) is 5.10. The molecule has 2 heterocycles.